The molecule has 0 radical (unpaired) electrons. The molecule has 0 heterocycles. The van der Waals surface area contributed by atoms with Crippen LogP contribution in [-0.4, -0.2) is 21.3 Å². The van der Waals surface area contributed by atoms with E-state index >= 15 is 0 Å². The first-order valence-electron chi connectivity index (χ1n) is 4.49. The van der Waals surface area contributed by atoms with Gasteiger partial charge in [0.2, 0.25) is 0 Å². The zero-order valence-electron chi connectivity index (χ0n) is 8.11. The van der Waals surface area contributed by atoms with Gasteiger partial charge in [0.1, 0.15) is 5.78 Å². The van der Waals surface area contributed by atoms with Gasteiger partial charge in [0, 0.05) is 10.6 Å². The van der Waals surface area contributed by atoms with Crippen LogP contribution in [0.4, 0.5) is 0 Å². The number of hydrogen-bond donors (Lipinski definition) is 3. The van der Waals surface area contributed by atoms with Gasteiger partial charge in [0.25, 0.3) is 0 Å². The van der Waals surface area contributed by atoms with Crippen LogP contribution in [0, 0.1) is 0 Å². The van der Waals surface area contributed by atoms with Gasteiger partial charge >= 0.3 is 7.60 Å². The van der Waals surface area contributed by atoms with Crippen LogP contribution in [0.15, 0.2) is 35.2 Å². The molecule has 1 rings (SSSR count). The molecule has 15 heavy (non-hydrogen) atoms. The van der Waals surface area contributed by atoms with Gasteiger partial charge in [-0.05, 0) is 18.6 Å². The van der Waals surface area contributed by atoms with Gasteiger partial charge in [-0.2, -0.15) is 0 Å². The van der Waals surface area contributed by atoms with E-state index < -0.39 is 13.4 Å². The zero-order valence-corrected chi connectivity index (χ0v) is 9.82. The molecular weight excluding hydrogens is 233 g/mol. The second-order valence-electron chi connectivity index (χ2n) is 3.11. The van der Waals surface area contributed by atoms with Crippen molar-refractivity contribution in [2.24, 2.45) is 5.73 Å². The van der Waals surface area contributed by atoms with Crippen LogP contribution in [0.2, 0.25) is 0 Å². The van der Waals surface area contributed by atoms with Crippen LogP contribution < -0.4 is 5.73 Å². The first-order chi connectivity index (χ1) is 7.00. The molecule has 4 nitrogen and oxygen atoms in total. The van der Waals surface area contributed by atoms with Crippen LogP contribution in [0.3, 0.4) is 0 Å². The number of nitrogens with two attached hydrogens (primary N) is 1. The summed E-state index contributed by atoms with van der Waals surface area (Å²) in [7, 11) is -4.11. The van der Waals surface area contributed by atoms with Gasteiger partial charge in [-0.3, -0.25) is 4.57 Å². The summed E-state index contributed by atoms with van der Waals surface area (Å²) < 4.78 is 10.7. The van der Waals surface area contributed by atoms with Gasteiger partial charge in [0.15, 0.2) is 0 Å². The highest BCUT2D eigenvalue weighted by atomic mass is 32.2. The Labute approximate surface area is 93.0 Å². The summed E-state index contributed by atoms with van der Waals surface area (Å²) in [4.78, 5) is 18.6. The molecule has 4 N–H and O–H groups in total. The fourth-order valence-electron chi connectivity index (χ4n) is 0.982. The quantitative estimate of drug-likeness (QED) is 0.544. The molecule has 0 aliphatic carbocycles. The minimum Gasteiger partial charge on any atom is -0.323 e. The lowest BCUT2D eigenvalue weighted by atomic mass is 10.4. The first kappa shape index (κ1) is 12.7. The fourth-order valence-corrected chi connectivity index (χ4v) is 2.58. The number of rotatable bonds is 5. The van der Waals surface area contributed by atoms with E-state index in [4.69, 9.17) is 15.5 Å². The lowest BCUT2D eigenvalue weighted by Gasteiger charge is -2.12. The number of thioether (sulfide) groups is 1. The minimum absolute atomic E-state index is 0.309. The molecule has 84 valence electrons. The molecule has 6 heteroatoms. The molecule has 0 fully saturated rings. The summed E-state index contributed by atoms with van der Waals surface area (Å²) in [5.74, 6) is -0.440. The van der Waals surface area contributed by atoms with E-state index in [-0.39, 0.29) is 0 Å². The Hall–Kier alpha value is -0.320. The summed E-state index contributed by atoms with van der Waals surface area (Å²) >= 11 is 1.54. The molecule has 0 amide bonds. The van der Waals surface area contributed by atoms with E-state index in [1.54, 1.807) is 11.8 Å². The maximum absolute atomic E-state index is 10.7. The molecule has 0 spiro atoms. The number of hydrogen-bond acceptors (Lipinski definition) is 3. The van der Waals surface area contributed by atoms with Crippen molar-refractivity contribution >= 4 is 19.4 Å². The molecule has 0 aromatic heterocycles. The Morgan fingerprint density at radius 2 is 1.93 bits per heavy atom. The maximum Gasteiger partial charge on any atom is 0.342 e. The Morgan fingerprint density at radius 3 is 2.47 bits per heavy atom. The molecule has 1 aromatic carbocycles. The highest BCUT2D eigenvalue weighted by Gasteiger charge is 2.23. The first-order valence-corrected chi connectivity index (χ1v) is 7.15. The van der Waals surface area contributed by atoms with Crippen LogP contribution in [0.5, 0.6) is 0 Å². The Bertz CT molecular complexity index is 340. The van der Waals surface area contributed by atoms with Crippen molar-refractivity contribution in [1.82, 2.24) is 0 Å². The van der Waals surface area contributed by atoms with Gasteiger partial charge in [0.05, 0.1) is 0 Å². The van der Waals surface area contributed by atoms with Crippen molar-refractivity contribution in [1.29, 1.82) is 0 Å². The molecule has 0 saturated heterocycles. The van der Waals surface area contributed by atoms with Crippen molar-refractivity contribution in [3.63, 3.8) is 0 Å². The number of benzene rings is 1. The molecular formula is C9H14NO3PS. The molecule has 1 atom stereocenters. The van der Waals surface area contributed by atoms with Crippen LogP contribution >= 0.6 is 19.4 Å². The summed E-state index contributed by atoms with van der Waals surface area (Å²) in [6.45, 7) is 0. The predicted octanol–water partition coefficient (Wildman–Crippen LogP) is 1.63. The largest absolute Gasteiger partial charge is 0.342 e. The maximum atomic E-state index is 10.7. The summed E-state index contributed by atoms with van der Waals surface area (Å²) in [6, 6.07) is 9.67. The smallest absolute Gasteiger partial charge is 0.323 e. The highest BCUT2D eigenvalue weighted by molar-refractivity contribution is 7.99. The van der Waals surface area contributed by atoms with Gasteiger partial charge in [-0.25, -0.2) is 0 Å². The molecule has 0 aliphatic heterocycles. The summed E-state index contributed by atoms with van der Waals surface area (Å²) in [6.07, 6.45) is 0.309. The van der Waals surface area contributed by atoms with E-state index in [2.05, 4.69) is 0 Å². The molecule has 0 saturated carbocycles. The predicted molar refractivity (Wildman–Crippen MR) is 61.8 cm³/mol. The molecule has 0 unspecified atom stereocenters. The Kier molecular flexibility index (Phi) is 4.83. The molecule has 0 bridgehead atoms. The second kappa shape index (κ2) is 5.68. The van der Waals surface area contributed by atoms with Crippen molar-refractivity contribution in [2.45, 2.75) is 17.1 Å². The summed E-state index contributed by atoms with van der Waals surface area (Å²) in [5.41, 5.74) is 5.34. The topological polar surface area (TPSA) is 83.6 Å². The third-order valence-electron chi connectivity index (χ3n) is 1.86. The zero-order chi connectivity index (χ0) is 11.3. The van der Waals surface area contributed by atoms with Crippen molar-refractivity contribution in [3.8, 4) is 0 Å². The average molecular weight is 247 g/mol. The van der Waals surface area contributed by atoms with Gasteiger partial charge in [-0.15, -0.1) is 11.8 Å². The minimum atomic E-state index is -4.11. The average Bonchev–Trinajstić information content (AvgIpc) is 2.18. The lowest BCUT2D eigenvalue weighted by Crippen LogP contribution is -2.20. The fraction of sp³-hybridized carbons (Fsp3) is 0.333. The summed E-state index contributed by atoms with van der Waals surface area (Å²) in [5, 5.41) is 0. The monoisotopic (exact) mass is 247 g/mol. The van der Waals surface area contributed by atoms with E-state index in [9.17, 15) is 4.57 Å². The van der Waals surface area contributed by atoms with E-state index in [0.29, 0.717) is 12.2 Å². The van der Waals surface area contributed by atoms with Gasteiger partial charge in [-0.1, -0.05) is 18.2 Å². The standard InChI is InChI=1S/C9H14NO3PS/c10-9(14(11,12)13)6-7-15-8-4-2-1-3-5-8/h1-5,9H,6-7,10H2,(H2,11,12,13)/t9-/m1/s1. The Balaban J connectivity index is 2.31. The van der Waals surface area contributed by atoms with Crippen molar-refractivity contribution < 1.29 is 14.4 Å². The van der Waals surface area contributed by atoms with E-state index in [1.165, 1.54) is 0 Å². The van der Waals surface area contributed by atoms with E-state index in [1.807, 2.05) is 30.3 Å². The molecule has 1 aromatic rings. The van der Waals surface area contributed by atoms with Crippen LogP contribution in [0.25, 0.3) is 0 Å². The lowest BCUT2D eigenvalue weighted by molar-refractivity contribution is 0.357. The third-order valence-corrected chi connectivity index (χ3v) is 4.03. The van der Waals surface area contributed by atoms with Crippen LogP contribution in [0.1, 0.15) is 6.42 Å². The van der Waals surface area contributed by atoms with Crippen LogP contribution in [-0.2, 0) is 4.57 Å². The van der Waals surface area contributed by atoms with E-state index in [0.717, 1.165) is 4.90 Å². The van der Waals surface area contributed by atoms with Crippen molar-refractivity contribution in [3.05, 3.63) is 30.3 Å². The second-order valence-corrected chi connectivity index (χ2v) is 6.12. The van der Waals surface area contributed by atoms with Crippen molar-refractivity contribution in [2.75, 3.05) is 5.75 Å². The molecule has 0 aliphatic rings. The normalized spacial score (nSPS) is 13.8. The third kappa shape index (κ3) is 4.82. The van der Waals surface area contributed by atoms with Gasteiger partial charge < -0.3 is 15.5 Å². The Morgan fingerprint density at radius 1 is 1.33 bits per heavy atom. The SMILES string of the molecule is N[C@@H](CCSc1ccccc1)P(=O)(O)O. The highest BCUT2D eigenvalue weighted by Crippen LogP contribution is 2.40.